The highest BCUT2D eigenvalue weighted by molar-refractivity contribution is 6.18. The Kier molecular flexibility index (Phi) is 5.03. The molecule has 1 amide bonds. The molecule has 5 nitrogen and oxygen atoms in total. The number of alkyl halides is 3. The number of hydrogen-bond donors (Lipinski definition) is 1. The summed E-state index contributed by atoms with van der Waals surface area (Å²) in [5.74, 6) is -0.721. The largest absolute Gasteiger partial charge is 0.416 e. The van der Waals surface area contributed by atoms with Crippen molar-refractivity contribution in [2.75, 3.05) is 0 Å². The van der Waals surface area contributed by atoms with Gasteiger partial charge in [-0.05, 0) is 42.0 Å². The number of hydrogen-bond acceptors (Lipinski definition) is 3. The van der Waals surface area contributed by atoms with Crippen molar-refractivity contribution in [3.05, 3.63) is 90.0 Å². The molecule has 2 N–H and O–H groups in total. The number of carbonyl (C=O) groups excluding carboxylic acids is 1. The summed E-state index contributed by atoms with van der Waals surface area (Å²) < 4.78 is 40.4. The quantitative estimate of drug-likeness (QED) is 0.456. The van der Waals surface area contributed by atoms with Crippen LogP contribution in [-0.2, 0) is 11.0 Å². The van der Waals surface area contributed by atoms with E-state index in [0.29, 0.717) is 33.4 Å². The van der Waals surface area contributed by atoms with Gasteiger partial charge in [0, 0.05) is 16.5 Å². The maximum Gasteiger partial charge on any atom is 0.416 e. The van der Waals surface area contributed by atoms with Gasteiger partial charge in [-0.1, -0.05) is 36.9 Å². The predicted octanol–water partition coefficient (Wildman–Crippen LogP) is 5.08. The van der Waals surface area contributed by atoms with Crippen LogP contribution in [0.4, 0.5) is 13.2 Å². The molecule has 158 valence electrons. The third-order valence-corrected chi connectivity index (χ3v) is 5.01. The molecule has 0 saturated heterocycles. The summed E-state index contributed by atoms with van der Waals surface area (Å²) in [6.07, 6.45) is -4.43. The lowest BCUT2D eigenvalue weighted by Gasteiger charge is -2.09. The van der Waals surface area contributed by atoms with E-state index in [4.69, 9.17) is 5.73 Å². The summed E-state index contributed by atoms with van der Waals surface area (Å²) in [4.78, 5) is 11.6. The van der Waals surface area contributed by atoms with E-state index in [9.17, 15) is 23.2 Å². The number of para-hydroxylation sites is 1. The molecular formula is C24H15F3N4O. The van der Waals surface area contributed by atoms with Crippen molar-refractivity contribution in [3.8, 4) is 23.0 Å². The monoisotopic (exact) mass is 432 g/mol. The number of carbonyl (C=O) groups is 1. The van der Waals surface area contributed by atoms with Crippen molar-refractivity contribution < 1.29 is 18.0 Å². The zero-order chi connectivity index (χ0) is 23.0. The number of amides is 1. The minimum atomic E-state index is -4.43. The molecule has 0 unspecified atom stereocenters. The van der Waals surface area contributed by atoms with Crippen LogP contribution in [0.15, 0.2) is 73.3 Å². The molecule has 0 aliphatic heterocycles. The first-order chi connectivity index (χ1) is 15.2. The van der Waals surface area contributed by atoms with E-state index >= 15 is 0 Å². The number of primary amides is 1. The van der Waals surface area contributed by atoms with Crippen molar-refractivity contribution in [1.82, 2.24) is 9.78 Å². The Morgan fingerprint density at radius 2 is 1.75 bits per heavy atom. The van der Waals surface area contributed by atoms with Crippen LogP contribution >= 0.6 is 0 Å². The topological polar surface area (TPSA) is 84.7 Å². The van der Waals surface area contributed by atoms with Crippen LogP contribution in [0.2, 0.25) is 0 Å². The van der Waals surface area contributed by atoms with Gasteiger partial charge < -0.3 is 5.73 Å². The molecule has 8 heteroatoms. The fourth-order valence-electron chi connectivity index (χ4n) is 3.41. The normalized spacial score (nSPS) is 11.3. The summed E-state index contributed by atoms with van der Waals surface area (Å²) >= 11 is 0. The van der Waals surface area contributed by atoms with Crippen LogP contribution in [0, 0.1) is 11.3 Å². The maximum atomic E-state index is 12.9. The van der Waals surface area contributed by atoms with Gasteiger partial charge in [-0.15, -0.1) is 0 Å². The summed E-state index contributed by atoms with van der Waals surface area (Å²) in [5, 5.41) is 14.8. The fraction of sp³-hybridized carbons (Fsp3) is 0.0417. The average Bonchev–Trinajstić information content (AvgIpc) is 3.17. The highest BCUT2D eigenvalue weighted by Gasteiger charge is 2.30. The summed E-state index contributed by atoms with van der Waals surface area (Å²) in [6, 6.07) is 18.7. The smallest absolute Gasteiger partial charge is 0.366 e. The lowest BCUT2D eigenvalue weighted by Crippen LogP contribution is -2.12. The van der Waals surface area contributed by atoms with Gasteiger partial charge in [0.25, 0.3) is 0 Å². The highest BCUT2D eigenvalue weighted by Crippen LogP contribution is 2.34. The third kappa shape index (κ3) is 3.72. The molecule has 0 radical (unpaired) electrons. The summed E-state index contributed by atoms with van der Waals surface area (Å²) in [5.41, 5.74) is 7.42. The number of halogens is 3. The molecule has 0 bridgehead atoms. The van der Waals surface area contributed by atoms with Crippen LogP contribution in [0.5, 0.6) is 0 Å². The summed E-state index contributed by atoms with van der Waals surface area (Å²) in [7, 11) is 0. The van der Waals surface area contributed by atoms with Crippen molar-refractivity contribution in [2.24, 2.45) is 5.73 Å². The maximum absolute atomic E-state index is 12.9. The summed E-state index contributed by atoms with van der Waals surface area (Å²) in [6.45, 7) is 3.67. The molecule has 0 aliphatic carbocycles. The second-order valence-electron chi connectivity index (χ2n) is 7.08. The number of rotatable bonds is 4. The number of nitriles is 1. The number of nitrogens with zero attached hydrogens (tertiary/aromatic N) is 3. The van der Waals surface area contributed by atoms with Crippen LogP contribution in [0.1, 0.15) is 16.7 Å². The van der Waals surface area contributed by atoms with Gasteiger partial charge in [0.2, 0.25) is 5.91 Å². The molecule has 4 rings (SSSR count). The number of nitrogens with two attached hydrogens (primary N) is 1. The Bertz CT molecular complexity index is 1410. The van der Waals surface area contributed by atoms with E-state index in [-0.39, 0.29) is 11.1 Å². The molecule has 0 fully saturated rings. The van der Waals surface area contributed by atoms with E-state index in [0.717, 1.165) is 12.1 Å². The number of benzene rings is 3. The first kappa shape index (κ1) is 20.9. The Hall–Kier alpha value is -4.38. The Labute approximate surface area is 180 Å². The molecule has 3 aromatic carbocycles. The van der Waals surface area contributed by atoms with Crippen molar-refractivity contribution in [2.45, 2.75) is 6.18 Å². The van der Waals surface area contributed by atoms with Gasteiger partial charge in [0.1, 0.15) is 5.69 Å². The van der Waals surface area contributed by atoms with Gasteiger partial charge >= 0.3 is 6.18 Å². The Balaban J connectivity index is 1.91. The predicted molar refractivity (Wildman–Crippen MR) is 114 cm³/mol. The standard InChI is InChI=1S/C24H15F3N4O/c1-14(23(29)32)17-10-15(13-28)11-19(12-17)31-21-5-3-2-4-20(21)22(30-31)16-6-8-18(9-7-16)24(25,26)27/h2-12H,1H2,(H2,29,32). The molecule has 32 heavy (non-hydrogen) atoms. The molecule has 0 aliphatic rings. The molecule has 0 atom stereocenters. The van der Waals surface area contributed by atoms with E-state index in [1.165, 1.54) is 18.2 Å². The minimum Gasteiger partial charge on any atom is -0.366 e. The first-order valence-corrected chi connectivity index (χ1v) is 9.39. The van der Waals surface area contributed by atoms with Gasteiger partial charge in [0.05, 0.1) is 28.4 Å². The zero-order valence-electron chi connectivity index (χ0n) is 16.5. The van der Waals surface area contributed by atoms with Crippen molar-refractivity contribution >= 4 is 22.4 Å². The second kappa shape index (κ2) is 7.71. The SMILES string of the molecule is C=C(C(N)=O)c1cc(C#N)cc(-n2nc(-c3ccc(C(F)(F)F)cc3)c3ccccc32)c1. The first-order valence-electron chi connectivity index (χ1n) is 9.39. The van der Waals surface area contributed by atoms with Crippen molar-refractivity contribution in [1.29, 1.82) is 5.26 Å². The van der Waals surface area contributed by atoms with E-state index in [1.54, 1.807) is 35.0 Å². The van der Waals surface area contributed by atoms with Gasteiger partial charge in [-0.3, -0.25) is 4.79 Å². The Morgan fingerprint density at radius 1 is 1.06 bits per heavy atom. The average molecular weight is 432 g/mol. The van der Waals surface area contributed by atoms with E-state index < -0.39 is 17.6 Å². The minimum absolute atomic E-state index is 0.0442. The van der Waals surface area contributed by atoms with Gasteiger partial charge in [0.15, 0.2) is 0 Å². The van der Waals surface area contributed by atoms with Gasteiger partial charge in [-0.25, -0.2) is 4.68 Å². The van der Waals surface area contributed by atoms with Crippen LogP contribution < -0.4 is 5.73 Å². The number of aromatic nitrogens is 2. The fourth-order valence-corrected chi connectivity index (χ4v) is 3.41. The van der Waals surface area contributed by atoms with Crippen LogP contribution in [0.25, 0.3) is 33.4 Å². The highest BCUT2D eigenvalue weighted by atomic mass is 19.4. The number of fused-ring (bicyclic) bond motifs is 1. The zero-order valence-corrected chi connectivity index (χ0v) is 16.5. The Morgan fingerprint density at radius 3 is 2.38 bits per heavy atom. The van der Waals surface area contributed by atoms with E-state index in [1.807, 2.05) is 12.1 Å². The molecular weight excluding hydrogens is 417 g/mol. The second-order valence-corrected chi connectivity index (χ2v) is 7.08. The molecule has 4 aromatic rings. The molecule has 0 spiro atoms. The lowest BCUT2D eigenvalue weighted by molar-refractivity contribution is -0.137. The lowest BCUT2D eigenvalue weighted by atomic mass is 10.0. The third-order valence-electron chi connectivity index (χ3n) is 5.01. The van der Waals surface area contributed by atoms with E-state index in [2.05, 4.69) is 11.7 Å². The molecule has 0 saturated carbocycles. The van der Waals surface area contributed by atoms with Crippen LogP contribution in [-0.4, -0.2) is 15.7 Å². The van der Waals surface area contributed by atoms with Crippen LogP contribution in [0.3, 0.4) is 0 Å². The molecule has 1 aromatic heterocycles. The van der Waals surface area contributed by atoms with Gasteiger partial charge in [-0.2, -0.15) is 23.5 Å². The molecule has 1 heterocycles. The van der Waals surface area contributed by atoms with Crippen molar-refractivity contribution in [3.63, 3.8) is 0 Å².